The molecule has 92 valence electrons. The molecule has 0 bridgehead atoms. The van der Waals surface area contributed by atoms with Crippen molar-refractivity contribution in [3.8, 4) is 0 Å². The van der Waals surface area contributed by atoms with Crippen molar-refractivity contribution in [3.05, 3.63) is 0 Å². The Bertz CT molecular complexity index is 250. The highest BCUT2D eigenvalue weighted by atomic mass is 32.2. The highest BCUT2D eigenvalue weighted by Gasteiger charge is 2.19. The van der Waals surface area contributed by atoms with Gasteiger partial charge in [-0.15, -0.1) is 0 Å². The molecule has 0 aromatic rings. The van der Waals surface area contributed by atoms with Crippen molar-refractivity contribution in [1.82, 2.24) is 0 Å². The zero-order valence-electron chi connectivity index (χ0n) is 10.1. The van der Waals surface area contributed by atoms with E-state index in [1.807, 2.05) is 0 Å². The normalized spacial score (nSPS) is 13.1. The molecule has 15 heavy (non-hydrogen) atoms. The zero-order valence-corrected chi connectivity index (χ0v) is 10.9. The van der Waals surface area contributed by atoms with E-state index in [0.29, 0.717) is 6.42 Å². The van der Waals surface area contributed by atoms with E-state index in [2.05, 4.69) is 20.8 Å². The van der Waals surface area contributed by atoms with Gasteiger partial charge >= 0.3 is 0 Å². The van der Waals surface area contributed by atoms with Crippen molar-refractivity contribution in [2.24, 2.45) is 0 Å². The highest BCUT2D eigenvalue weighted by Crippen LogP contribution is 2.08. The summed E-state index contributed by atoms with van der Waals surface area (Å²) in [6.07, 6.45) is 1.41. The molecule has 0 fully saturated rings. The first-order chi connectivity index (χ1) is 6.89. The fraction of sp³-hybridized carbons (Fsp3) is 1.00. The van der Waals surface area contributed by atoms with E-state index in [-0.39, 0.29) is 5.75 Å². The van der Waals surface area contributed by atoms with Crippen LogP contribution >= 0.6 is 0 Å². The van der Waals surface area contributed by atoms with Gasteiger partial charge in [0.15, 0.2) is 0 Å². The van der Waals surface area contributed by atoms with E-state index >= 15 is 0 Å². The van der Waals surface area contributed by atoms with E-state index in [4.69, 9.17) is 4.55 Å². The largest absolute Gasteiger partial charge is 0.324 e. The Morgan fingerprint density at radius 3 is 1.80 bits per heavy atom. The molecule has 0 aromatic carbocycles. The van der Waals surface area contributed by atoms with Gasteiger partial charge in [-0.25, -0.2) is 0 Å². The maximum atomic E-state index is 10.5. The first-order valence-corrected chi connectivity index (χ1v) is 7.30. The minimum Gasteiger partial charge on any atom is -0.324 e. The summed E-state index contributed by atoms with van der Waals surface area (Å²) in [7, 11) is -3.77. The Morgan fingerprint density at radius 2 is 1.47 bits per heavy atom. The van der Waals surface area contributed by atoms with Crippen LogP contribution in [0.4, 0.5) is 0 Å². The average molecular weight is 238 g/mol. The molecule has 0 atom stereocenters. The predicted octanol–water partition coefficient (Wildman–Crippen LogP) is 1.53. The standard InChI is InChI=1S/C10H23NO3S/c1-4-11(5-2,6-3)9-7-8-10-15(12,13)14/h4-10H2,1-3H3/p+1. The summed E-state index contributed by atoms with van der Waals surface area (Å²) >= 11 is 0. The molecule has 0 aromatic heterocycles. The molecule has 0 aliphatic carbocycles. The van der Waals surface area contributed by atoms with Gasteiger partial charge in [0.1, 0.15) is 0 Å². The lowest BCUT2D eigenvalue weighted by Gasteiger charge is -2.35. The summed E-state index contributed by atoms with van der Waals surface area (Å²) in [5.74, 6) is -0.107. The van der Waals surface area contributed by atoms with Gasteiger partial charge < -0.3 is 4.48 Å². The van der Waals surface area contributed by atoms with Crippen molar-refractivity contribution >= 4 is 10.1 Å². The first-order valence-electron chi connectivity index (χ1n) is 5.69. The van der Waals surface area contributed by atoms with E-state index in [0.717, 1.165) is 37.1 Å². The lowest BCUT2D eigenvalue weighted by atomic mass is 10.2. The van der Waals surface area contributed by atoms with E-state index < -0.39 is 10.1 Å². The second-order valence-electron chi connectivity index (χ2n) is 4.01. The van der Waals surface area contributed by atoms with Gasteiger partial charge in [0.05, 0.1) is 31.9 Å². The Labute approximate surface area is 93.6 Å². The molecular weight excluding hydrogens is 214 g/mol. The average Bonchev–Trinajstić information content (AvgIpc) is 2.18. The summed E-state index contributed by atoms with van der Waals surface area (Å²) in [4.78, 5) is 0. The summed E-state index contributed by atoms with van der Waals surface area (Å²) in [5, 5.41) is 0. The molecule has 5 heteroatoms. The smallest absolute Gasteiger partial charge is 0.264 e. The third-order valence-corrected chi connectivity index (χ3v) is 4.10. The molecule has 0 saturated carbocycles. The lowest BCUT2D eigenvalue weighted by molar-refractivity contribution is -0.923. The van der Waals surface area contributed by atoms with Gasteiger partial charge in [0.25, 0.3) is 10.1 Å². The summed E-state index contributed by atoms with van der Waals surface area (Å²) < 4.78 is 30.6. The third-order valence-electron chi connectivity index (χ3n) is 3.30. The molecule has 0 rings (SSSR count). The van der Waals surface area contributed by atoms with E-state index in [1.54, 1.807) is 0 Å². The van der Waals surface area contributed by atoms with Gasteiger partial charge in [-0.05, 0) is 33.6 Å². The van der Waals surface area contributed by atoms with Gasteiger partial charge in [-0.2, -0.15) is 8.42 Å². The van der Waals surface area contributed by atoms with E-state index in [1.165, 1.54) is 0 Å². The van der Waals surface area contributed by atoms with Crippen molar-refractivity contribution in [2.45, 2.75) is 33.6 Å². The van der Waals surface area contributed by atoms with Crippen LogP contribution in [0.5, 0.6) is 0 Å². The second-order valence-corrected chi connectivity index (χ2v) is 5.58. The first kappa shape index (κ1) is 14.9. The number of unbranched alkanes of at least 4 members (excludes halogenated alkanes) is 1. The SMILES string of the molecule is CC[N+](CC)(CC)CCCCS(=O)(=O)O. The third kappa shape index (κ3) is 6.12. The summed E-state index contributed by atoms with van der Waals surface area (Å²) in [5.41, 5.74) is 0. The molecule has 0 amide bonds. The minimum atomic E-state index is -3.77. The number of hydrogen-bond acceptors (Lipinski definition) is 2. The van der Waals surface area contributed by atoms with Crippen molar-refractivity contribution in [1.29, 1.82) is 0 Å². The molecule has 0 aliphatic heterocycles. The second kappa shape index (κ2) is 6.45. The maximum Gasteiger partial charge on any atom is 0.264 e. The summed E-state index contributed by atoms with van der Waals surface area (Å²) in [6, 6.07) is 0. The monoisotopic (exact) mass is 238 g/mol. The highest BCUT2D eigenvalue weighted by molar-refractivity contribution is 7.85. The Balaban J connectivity index is 3.92. The topological polar surface area (TPSA) is 54.4 Å². The molecule has 4 nitrogen and oxygen atoms in total. The van der Waals surface area contributed by atoms with Crippen LogP contribution < -0.4 is 0 Å². The van der Waals surface area contributed by atoms with Gasteiger partial charge in [0, 0.05) is 0 Å². The number of nitrogens with zero attached hydrogens (tertiary/aromatic N) is 1. The minimum absolute atomic E-state index is 0.107. The van der Waals surface area contributed by atoms with Crippen LogP contribution in [0.15, 0.2) is 0 Å². The number of hydrogen-bond donors (Lipinski definition) is 1. The Morgan fingerprint density at radius 1 is 1.00 bits per heavy atom. The molecule has 0 radical (unpaired) electrons. The van der Waals surface area contributed by atoms with Crippen LogP contribution in [0.2, 0.25) is 0 Å². The number of rotatable bonds is 8. The van der Waals surface area contributed by atoms with Crippen LogP contribution in [-0.4, -0.2) is 49.4 Å². The van der Waals surface area contributed by atoms with Crippen LogP contribution in [-0.2, 0) is 10.1 Å². The molecule has 1 N–H and O–H groups in total. The fourth-order valence-electron chi connectivity index (χ4n) is 1.88. The fourth-order valence-corrected chi connectivity index (χ4v) is 2.45. The van der Waals surface area contributed by atoms with Gasteiger partial charge in [0.2, 0.25) is 0 Å². The van der Waals surface area contributed by atoms with Crippen molar-refractivity contribution < 1.29 is 17.5 Å². The van der Waals surface area contributed by atoms with Crippen LogP contribution in [0.25, 0.3) is 0 Å². The molecule has 0 heterocycles. The molecule has 0 aliphatic rings. The Kier molecular flexibility index (Phi) is 6.40. The van der Waals surface area contributed by atoms with Gasteiger partial charge in [-0.3, -0.25) is 4.55 Å². The van der Waals surface area contributed by atoms with Crippen molar-refractivity contribution in [2.75, 3.05) is 31.9 Å². The molecule has 0 spiro atoms. The maximum absolute atomic E-state index is 10.5. The van der Waals surface area contributed by atoms with Gasteiger partial charge in [-0.1, -0.05) is 0 Å². The van der Waals surface area contributed by atoms with Crippen LogP contribution in [0.1, 0.15) is 33.6 Å². The molecule has 0 saturated heterocycles. The zero-order chi connectivity index (χ0) is 11.9. The Hall–Kier alpha value is -0.130. The van der Waals surface area contributed by atoms with Crippen LogP contribution in [0, 0.1) is 0 Å². The summed E-state index contributed by atoms with van der Waals surface area (Å²) in [6.45, 7) is 10.7. The van der Waals surface area contributed by atoms with Crippen LogP contribution in [0.3, 0.4) is 0 Å². The lowest BCUT2D eigenvalue weighted by Crippen LogP contribution is -2.48. The quantitative estimate of drug-likeness (QED) is 0.396. The van der Waals surface area contributed by atoms with E-state index in [9.17, 15) is 8.42 Å². The number of quaternary nitrogens is 1. The molecule has 0 unspecified atom stereocenters. The predicted molar refractivity (Wildman–Crippen MR) is 62.4 cm³/mol. The molecular formula is C10H24NO3S+. The van der Waals surface area contributed by atoms with Crippen molar-refractivity contribution in [3.63, 3.8) is 0 Å².